The van der Waals surface area contributed by atoms with Crippen LogP contribution in [-0.4, -0.2) is 45.4 Å². The van der Waals surface area contributed by atoms with Crippen LogP contribution >= 0.6 is 11.6 Å². The maximum Gasteiger partial charge on any atom is 0.219 e. The SMILES string of the molecule is CC(=O)N1CCC2(CC1)Oc1ccc(Cl)cc1[C@H]1CC(c3ccc(O)cc3)=NN12. The van der Waals surface area contributed by atoms with E-state index in [-0.39, 0.29) is 17.7 Å². The first-order valence-corrected chi connectivity index (χ1v) is 10.2. The summed E-state index contributed by atoms with van der Waals surface area (Å²) in [5, 5.41) is 17.4. The Hall–Kier alpha value is -2.73. The van der Waals surface area contributed by atoms with Gasteiger partial charge in [-0.25, -0.2) is 5.01 Å². The van der Waals surface area contributed by atoms with Gasteiger partial charge in [0.2, 0.25) is 11.6 Å². The van der Waals surface area contributed by atoms with Crippen LogP contribution in [0.5, 0.6) is 11.5 Å². The third-order valence-electron chi connectivity index (χ3n) is 6.15. The third-order valence-corrected chi connectivity index (χ3v) is 6.38. The Balaban J connectivity index is 1.55. The number of phenols is 1. The molecule has 29 heavy (non-hydrogen) atoms. The van der Waals surface area contributed by atoms with Gasteiger partial charge in [0, 0.05) is 49.9 Å². The van der Waals surface area contributed by atoms with E-state index in [9.17, 15) is 9.90 Å². The zero-order valence-corrected chi connectivity index (χ0v) is 16.9. The molecule has 1 amide bonds. The van der Waals surface area contributed by atoms with Crippen molar-refractivity contribution < 1.29 is 14.6 Å². The maximum absolute atomic E-state index is 11.8. The first-order chi connectivity index (χ1) is 13.9. The molecule has 3 heterocycles. The first-order valence-electron chi connectivity index (χ1n) is 9.85. The summed E-state index contributed by atoms with van der Waals surface area (Å²) in [6.45, 7) is 2.90. The number of hydrogen-bond donors (Lipinski definition) is 1. The van der Waals surface area contributed by atoms with Gasteiger partial charge in [0.05, 0.1) is 11.8 Å². The van der Waals surface area contributed by atoms with Gasteiger partial charge in [-0.05, 0) is 48.0 Å². The van der Waals surface area contributed by atoms with E-state index >= 15 is 0 Å². The largest absolute Gasteiger partial charge is 0.508 e. The van der Waals surface area contributed by atoms with Crippen molar-refractivity contribution >= 4 is 23.2 Å². The normalized spacial score (nSPS) is 22.0. The van der Waals surface area contributed by atoms with Crippen LogP contribution in [0.15, 0.2) is 47.6 Å². The summed E-state index contributed by atoms with van der Waals surface area (Å²) in [4.78, 5) is 13.7. The van der Waals surface area contributed by atoms with Crippen LogP contribution < -0.4 is 4.74 Å². The number of carbonyl (C=O) groups excluding carboxylic acids is 1. The predicted molar refractivity (Wildman–Crippen MR) is 110 cm³/mol. The molecule has 2 aromatic rings. The van der Waals surface area contributed by atoms with Crippen molar-refractivity contribution in [1.29, 1.82) is 0 Å². The molecule has 1 fully saturated rings. The van der Waals surface area contributed by atoms with E-state index < -0.39 is 5.72 Å². The van der Waals surface area contributed by atoms with Crippen LogP contribution in [0.3, 0.4) is 0 Å². The Morgan fingerprint density at radius 2 is 1.93 bits per heavy atom. The van der Waals surface area contributed by atoms with E-state index in [1.807, 2.05) is 35.2 Å². The summed E-state index contributed by atoms with van der Waals surface area (Å²) >= 11 is 6.29. The number of carbonyl (C=O) groups is 1. The number of ether oxygens (including phenoxy) is 1. The molecule has 3 aliphatic heterocycles. The fraction of sp³-hybridized carbons (Fsp3) is 0.364. The number of likely N-dealkylation sites (tertiary alicyclic amines) is 1. The number of phenolic OH excluding ortho intramolecular Hbond substituents is 1. The molecule has 1 spiro atoms. The molecule has 1 atom stereocenters. The molecule has 0 unspecified atom stereocenters. The van der Waals surface area contributed by atoms with Gasteiger partial charge in [0.15, 0.2) is 0 Å². The number of nitrogens with zero attached hydrogens (tertiary/aromatic N) is 3. The number of aromatic hydroxyl groups is 1. The molecule has 6 nitrogen and oxygen atoms in total. The van der Waals surface area contributed by atoms with Gasteiger partial charge in [-0.2, -0.15) is 5.10 Å². The number of amides is 1. The van der Waals surface area contributed by atoms with Gasteiger partial charge in [0.1, 0.15) is 11.5 Å². The highest BCUT2D eigenvalue weighted by Gasteiger charge is 2.52. The Kier molecular flexibility index (Phi) is 4.21. The molecule has 0 radical (unpaired) electrons. The second kappa shape index (κ2) is 6.66. The van der Waals surface area contributed by atoms with Crippen LogP contribution in [0.25, 0.3) is 0 Å². The van der Waals surface area contributed by atoms with Gasteiger partial charge in [0.25, 0.3) is 0 Å². The highest BCUT2D eigenvalue weighted by atomic mass is 35.5. The van der Waals surface area contributed by atoms with Crippen molar-refractivity contribution in [2.24, 2.45) is 5.10 Å². The molecule has 2 aromatic carbocycles. The van der Waals surface area contributed by atoms with Crippen molar-refractivity contribution in [3.63, 3.8) is 0 Å². The minimum Gasteiger partial charge on any atom is -0.508 e. The number of halogens is 1. The molecular formula is C22H22ClN3O3. The lowest BCUT2D eigenvalue weighted by Gasteiger charge is -2.51. The number of hydrogen-bond acceptors (Lipinski definition) is 5. The fourth-order valence-corrected chi connectivity index (χ4v) is 4.76. The van der Waals surface area contributed by atoms with Crippen LogP contribution in [0.1, 0.15) is 43.4 Å². The second-order valence-electron chi connectivity index (χ2n) is 7.89. The van der Waals surface area contributed by atoms with E-state index in [1.165, 1.54) is 0 Å². The monoisotopic (exact) mass is 411 g/mol. The standard InChI is InChI=1S/C22H22ClN3O3/c1-14(27)25-10-8-22(9-11-25)26-20(18-12-16(23)4-7-21(18)29-22)13-19(24-26)15-2-5-17(28)6-3-15/h2-7,12,20,28H,8-11,13H2,1H3/t20-/m1/s1. The van der Waals surface area contributed by atoms with Crippen LogP contribution in [-0.2, 0) is 4.79 Å². The summed E-state index contributed by atoms with van der Waals surface area (Å²) in [7, 11) is 0. The van der Waals surface area contributed by atoms with E-state index in [4.69, 9.17) is 21.4 Å². The molecular weight excluding hydrogens is 390 g/mol. The van der Waals surface area contributed by atoms with Gasteiger partial charge >= 0.3 is 0 Å². The van der Waals surface area contributed by atoms with E-state index in [1.54, 1.807) is 19.1 Å². The zero-order chi connectivity index (χ0) is 20.2. The smallest absolute Gasteiger partial charge is 0.219 e. The van der Waals surface area contributed by atoms with Crippen molar-refractivity contribution in [2.45, 2.75) is 38.0 Å². The minimum absolute atomic E-state index is 0.0325. The van der Waals surface area contributed by atoms with Crippen LogP contribution in [0, 0.1) is 0 Å². The first kappa shape index (κ1) is 18.3. The lowest BCUT2D eigenvalue weighted by molar-refractivity contribution is -0.158. The summed E-state index contributed by atoms with van der Waals surface area (Å²) in [5.74, 6) is 1.17. The molecule has 0 aliphatic carbocycles. The Morgan fingerprint density at radius 1 is 1.21 bits per heavy atom. The lowest BCUT2D eigenvalue weighted by Crippen LogP contribution is -2.59. The topological polar surface area (TPSA) is 65.4 Å². The summed E-state index contributed by atoms with van der Waals surface area (Å²) < 4.78 is 6.54. The molecule has 150 valence electrons. The molecule has 5 rings (SSSR count). The molecule has 7 heteroatoms. The van der Waals surface area contributed by atoms with E-state index in [2.05, 4.69) is 5.01 Å². The predicted octanol–water partition coefficient (Wildman–Crippen LogP) is 3.93. The van der Waals surface area contributed by atoms with Gasteiger partial charge in [-0.3, -0.25) is 4.79 Å². The fourth-order valence-electron chi connectivity index (χ4n) is 4.58. The third kappa shape index (κ3) is 3.02. The second-order valence-corrected chi connectivity index (χ2v) is 8.33. The van der Waals surface area contributed by atoms with Crippen molar-refractivity contribution in [3.05, 3.63) is 58.6 Å². The molecule has 0 bridgehead atoms. The van der Waals surface area contributed by atoms with Gasteiger partial charge < -0.3 is 14.7 Å². The molecule has 1 N–H and O–H groups in total. The number of piperidine rings is 1. The number of rotatable bonds is 1. The summed E-state index contributed by atoms with van der Waals surface area (Å²) in [5.41, 5.74) is 2.40. The van der Waals surface area contributed by atoms with E-state index in [0.717, 1.165) is 29.0 Å². The van der Waals surface area contributed by atoms with Crippen molar-refractivity contribution in [3.8, 4) is 11.5 Å². The minimum atomic E-state index is -0.573. The van der Waals surface area contributed by atoms with Gasteiger partial charge in [-0.15, -0.1) is 0 Å². The molecule has 1 saturated heterocycles. The summed E-state index contributed by atoms with van der Waals surface area (Å²) in [6.07, 6.45) is 2.12. The van der Waals surface area contributed by atoms with Crippen LogP contribution in [0.4, 0.5) is 0 Å². The number of hydrazone groups is 1. The highest BCUT2D eigenvalue weighted by Crippen LogP contribution is 2.50. The van der Waals surface area contributed by atoms with Crippen molar-refractivity contribution in [1.82, 2.24) is 9.91 Å². The average Bonchev–Trinajstić information content (AvgIpc) is 3.16. The molecule has 0 aromatic heterocycles. The Bertz CT molecular complexity index is 997. The maximum atomic E-state index is 11.8. The van der Waals surface area contributed by atoms with E-state index in [0.29, 0.717) is 31.0 Å². The molecule has 0 saturated carbocycles. The zero-order valence-electron chi connectivity index (χ0n) is 16.1. The lowest BCUT2D eigenvalue weighted by atomic mass is 9.90. The van der Waals surface area contributed by atoms with Gasteiger partial charge in [-0.1, -0.05) is 11.6 Å². The Labute approximate surface area is 174 Å². The molecule has 3 aliphatic rings. The quantitative estimate of drug-likeness (QED) is 0.772. The van der Waals surface area contributed by atoms with Crippen LogP contribution in [0.2, 0.25) is 5.02 Å². The summed E-state index contributed by atoms with van der Waals surface area (Å²) in [6, 6.07) is 12.9. The number of fused-ring (bicyclic) bond motifs is 4. The van der Waals surface area contributed by atoms with Crippen molar-refractivity contribution in [2.75, 3.05) is 13.1 Å². The Morgan fingerprint density at radius 3 is 2.62 bits per heavy atom. The number of benzene rings is 2. The highest BCUT2D eigenvalue weighted by molar-refractivity contribution is 6.30. The average molecular weight is 412 g/mol.